The van der Waals surface area contributed by atoms with Gasteiger partial charge in [-0.05, 0) is 43.7 Å². The van der Waals surface area contributed by atoms with E-state index in [1.165, 1.54) is 21.1 Å². The number of nitro groups is 1. The molecular weight excluding hydrogens is 490 g/mol. The van der Waals surface area contributed by atoms with Gasteiger partial charge >= 0.3 is 5.97 Å². The molecular formula is C24H20ClN5O6. The van der Waals surface area contributed by atoms with Crippen molar-refractivity contribution in [2.24, 2.45) is 4.99 Å². The fourth-order valence-electron chi connectivity index (χ4n) is 3.79. The van der Waals surface area contributed by atoms with Crippen LogP contribution in [0.3, 0.4) is 0 Å². The summed E-state index contributed by atoms with van der Waals surface area (Å²) >= 11 is 5.98. The maximum atomic E-state index is 13.3. The Bertz CT molecular complexity index is 1670. The van der Waals surface area contributed by atoms with Crippen molar-refractivity contribution in [3.63, 3.8) is 0 Å². The predicted octanol–water partition coefficient (Wildman–Crippen LogP) is 3.54. The molecule has 0 N–H and O–H groups in total. The summed E-state index contributed by atoms with van der Waals surface area (Å²) in [6.07, 6.45) is 2.09. The molecule has 0 aliphatic carbocycles. The Morgan fingerprint density at radius 1 is 1.17 bits per heavy atom. The van der Waals surface area contributed by atoms with Crippen LogP contribution in [-0.2, 0) is 11.3 Å². The largest absolute Gasteiger partial charge is 0.462 e. The van der Waals surface area contributed by atoms with E-state index >= 15 is 0 Å². The molecule has 0 unspecified atom stereocenters. The molecule has 12 heteroatoms. The number of aryl methyl sites for hydroxylation is 1. The van der Waals surface area contributed by atoms with Gasteiger partial charge in [0.05, 0.1) is 16.9 Å². The van der Waals surface area contributed by atoms with Crippen molar-refractivity contribution in [3.05, 3.63) is 90.8 Å². The number of benzene rings is 1. The number of nitrogens with zero attached hydrogens (tertiary/aromatic N) is 5. The van der Waals surface area contributed by atoms with E-state index in [-0.39, 0.29) is 45.8 Å². The molecule has 0 radical (unpaired) electrons. The summed E-state index contributed by atoms with van der Waals surface area (Å²) in [7, 11) is 0. The highest BCUT2D eigenvalue weighted by Gasteiger charge is 2.23. The summed E-state index contributed by atoms with van der Waals surface area (Å²) in [5.74, 6) is -1.80. The van der Waals surface area contributed by atoms with E-state index in [0.29, 0.717) is 12.1 Å². The Hall–Kier alpha value is -4.38. The second-order valence-corrected chi connectivity index (χ2v) is 8.11. The SMILES string of the molecule is CCCn1c(=NC(=O)c2cc(Cl)ccc2[N+](=O)[O-])c(C(=O)OCC)cc2c(=O)n3ccccc3nc21. The number of hydrogen-bond donors (Lipinski definition) is 0. The van der Waals surface area contributed by atoms with Gasteiger partial charge in [0.25, 0.3) is 17.2 Å². The Morgan fingerprint density at radius 3 is 2.64 bits per heavy atom. The molecule has 0 aliphatic rings. The zero-order valence-corrected chi connectivity index (χ0v) is 20.1. The number of amides is 1. The molecule has 0 spiro atoms. The van der Waals surface area contributed by atoms with Crippen LogP contribution in [0.15, 0.2) is 58.4 Å². The van der Waals surface area contributed by atoms with Gasteiger partial charge in [0.1, 0.15) is 22.4 Å². The molecule has 0 atom stereocenters. The van der Waals surface area contributed by atoms with Crippen LogP contribution in [0.2, 0.25) is 5.02 Å². The number of nitro benzene ring substituents is 1. The molecule has 184 valence electrons. The van der Waals surface area contributed by atoms with E-state index in [4.69, 9.17) is 16.3 Å². The number of pyridine rings is 2. The van der Waals surface area contributed by atoms with Crippen LogP contribution in [0.25, 0.3) is 16.7 Å². The zero-order valence-electron chi connectivity index (χ0n) is 19.3. The standard InChI is InChI=1S/C24H20ClN5O6/c1-3-10-29-20-16(23(32)28-11-6-5-7-19(28)26-20)13-17(24(33)36-4-2)21(29)27-22(31)15-12-14(25)8-9-18(15)30(34)35/h5-9,11-13H,3-4,10H2,1-2H3. The normalized spacial score (nSPS) is 11.7. The number of aromatic nitrogens is 3. The Labute approximate surface area is 208 Å². The molecule has 3 heterocycles. The topological polar surface area (TPSA) is 138 Å². The van der Waals surface area contributed by atoms with E-state index in [1.807, 2.05) is 6.92 Å². The molecule has 0 fully saturated rings. The van der Waals surface area contributed by atoms with Crippen LogP contribution in [0, 0.1) is 10.1 Å². The monoisotopic (exact) mass is 509 g/mol. The number of hydrogen-bond acceptors (Lipinski definition) is 7. The van der Waals surface area contributed by atoms with Crippen molar-refractivity contribution in [1.29, 1.82) is 0 Å². The van der Waals surface area contributed by atoms with Gasteiger partial charge in [-0.25, -0.2) is 9.78 Å². The first kappa shape index (κ1) is 24.7. The van der Waals surface area contributed by atoms with Crippen molar-refractivity contribution >= 4 is 45.8 Å². The summed E-state index contributed by atoms with van der Waals surface area (Å²) < 4.78 is 7.98. The number of rotatable bonds is 6. The summed E-state index contributed by atoms with van der Waals surface area (Å²) in [5.41, 5.74) is -0.984. The maximum Gasteiger partial charge on any atom is 0.341 e. The van der Waals surface area contributed by atoms with Crippen molar-refractivity contribution < 1.29 is 19.2 Å². The molecule has 0 saturated heterocycles. The first-order valence-electron chi connectivity index (χ1n) is 11.0. The van der Waals surface area contributed by atoms with Crippen LogP contribution >= 0.6 is 11.6 Å². The third-order valence-corrected chi connectivity index (χ3v) is 5.56. The molecule has 4 aromatic rings. The maximum absolute atomic E-state index is 13.3. The fraction of sp³-hybridized carbons (Fsp3) is 0.208. The first-order valence-corrected chi connectivity index (χ1v) is 11.4. The molecule has 1 amide bonds. The van der Waals surface area contributed by atoms with Crippen LogP contribution in [0.5, 0.6) is 0 Å². The van der Waals surface area contributed by atoms with Crippen molar-refractivity contribution in [3.8, 4) is 0 Å². The van der Waals surface area contributed by atoms with Gasteiger partial charge in [0.15, 0.2) is 5.49 Å². The fourth-order valence-corrected chi connectivity index (χ4v) is 3.96. The van der Waals surface area contributed by atoms with E-state index < -0.39 is 28.0 Å². The van der Waals surface area contributed by atoms with E-state index in [9.17, 15) is 24.5 Å². The minimum absolute atomic E-state index is 0.0345. The number of carbonyl (C=O) groups is 2. The minimum Gasteiger partial charge on any atom is -0.462 e. The molecule has 3 aromatic heterocycles. The Morgan fingerprint density at radius 2 is 1.94 bits per heavy atom. The lowest BCUT2D eigenvalue weighted by atomic mass is 10.1. The molecule has 36 heavy (non-hydrogen) atoms. The second-order valence-electron chi connectivity index (χ2n) is 7.67. The minimum atomic E-state index is -0.989. The number of halogens is 1. The third-order valence-electron chi connectivity index (χ3n) is 5.33. The van der Waals surface area contributed by atoms with Gasteiger partial charge in [-0.2, -0.15) is 4.99 Å². The highest BCUT2D eigenvalue weighted by atomic mass is 35.5. The summed E-state index contributed by atoms with van der Waals surface area (Å²) in [6.45, 7) is 3.74. The van der Waals surface area contributed by atoms with Crippen LogP contribution < -0.4 is 11.0 Å². The predicted molar refractivity (Wildman–Crippen MR) is 131 cm³/mol. The second kappa shape index (κ2) is 10.1. The lowest BCUT2D eigenvalue weighted by molar-refractivity contribution is -0.385. The number of ether oxygens (including phenoxy) is 1. The van der Waals surface area contributed by atoms with E-state index in [1.54, 1.807) is 31.3 Å². The lowest BCUT2D eigenvalue weighted by Crippen LogP contribution is -2.32. The van der Waals surface area contributed by atoms with Gasteiger partial charge in [-0.3, -0.25) is 24.1 Å². The zero-order chi connectivity index (χ0) is 26.0. The molecule has 0 aliphatic heterocycles. The van der Waals surface area contributed by atoms with Crippen LogP contribution in [0.1, 0.15) is 41.0 Å². The van der Waals surface area contributed by atoms with Gasteiger partial charge in [0, 0.05) is 23.8 Å². The van der Waals surface area contributed by atoms with Gasteiger partial charge in [0.2, 0.25) is 0 Å². The summed E-state index contributed by atoms with van der Waals surface area (Å²) in [4.78, 5) is 58.9. The van der Waals surface area contributed by atoms with Gasteiger partial charge in [-0.1, -0.05) is 24.6 Å². The molecule has 0 saturated carbocycles. The van der Waals surface area contributed by atoms with Crippen molar-refractivity contribution in [2.75, 3.05) is 6.61 Å². The molecule has 0 bridgehead atoms. The van der Waals surface area contributed by atoms with Crippen LogP contribution in [-0.4, -0.2) is 37.4 Å². The first-order chi connectivity index (χ1) is 17.3. The average molecular weight is 510 g/mol. The lowest BCUT2D eigenvalue weighted by Gasteiger charge is -2.14. The van der Waals surface area contributed by atoms with Gasteiger partial charge < -0.3 is 9.30 Å². The quantitative estimate of drug-likeness (QED) is 0.168. The average Bonchev–Trinajstić information content (AvgIpc) is 2.85. The molecule has 1 aromatic carbocycles. The third kappa shape index (κ3) is 4.48. The Kier molecular flexibility index (Phi) is 6.93. The smallest absolute Gasteiger partial charge is 0.341 e. The number of esters is 1. The van der Waals surface area contributed by atoms with Crippen molar-refractivity contribution in [2.45, 2.75) is 26.8 Å². The number of fused-ring (bicyclic) bond motifs is 2. The van der Waals surface area contributed by atoms with Crippen molar-refractivity contribution in [1.82, 2.24) is 14.0 Å². The number of carbonyl (C=O) groups excluding carboxylic acids is 2. The highest BCUT2D eigenvalue weighted by molar-refractivity contribution is 6.31. The van der Waals surface area contributed by atoms with Crippen LogP contribution in [0.4, 0.5) is 5.69 Å². The molecule has 4 rings (SSSR count). The highest BCUT2D eigenvalue weighted by Crippen LogP contribution is 2.23. The Balaban J connectivity index is 2.13. The summed E-state index contributed by atoms with van der Waals surface area (Å²) in [6, 6.07) is 9.86. The summed E-state index contributed by atoms with van der Waals surface area (Å²) in [5, 5.41) is 11.7. The van der Waals surface area contributed by atoms with E-state index in [0.717, 1.165) is 12.1 Å². The van der Waals surface area contributed by atoms with Gasteiger partial charge in [-0.15, -0.1) is 0 Å². The molecule has 11 nitrogen and oxygen atoms in total. The van der Waals surface area contributed by atoms with E-state index in [2.05, 4.69) is 9.98 Å².